The smallest absolute Gasteiger partial charge is 0.0525 e. The molecule has 1 aliphatic carbocycles. The van der Waals surface area contributed by atoms with Crippen molar-refractivity contribution >= 4 is 49.4 Å². The molecule has 1 heteroatoms. The Morgan fingerprint density at radius 2 is 1.04 bits per heavy atom. The summed E-state index contributed by atoms with van der Waals surface area (Å²) in [5.74, 6) is 0. The molecule has 0 saturated heterocycles. The van der Waals surface area contributed by atoms with Gasteiger partial charge in [0.25, 0.3) is 0 Å². The van der Waals surface area contributed by atoms with E-state index in [1.165, 1.54) is 101 Å². The van der Waals surface area contributed by atoms with Gasteiger partial charge < -0.3 is 4.90 Å². The number of aryl methyl sites for hydroxylation is 2. The van der Waals surface area contributed by atoms with Crippen LogP contribution in [0.3, 0.4) is 0 Å². The quantitative estimate of drug-likeness (QED) is 0.174. The number of benzene rings is 8. The fourth-order valence-corrected chi connectivity index (χ4v) is 7.90. The normalized spacial score (nSPS) is 12.8. The van der Waals surface area contributed by atoms with E-state index in [0.29, 0.717) is 0 Å². The van der Waals surface area contributed by atoms with E-state index in [4.69, 9.17) is 0 Å². The van der Waals surface area contributed by atoms with Crippen molar-refractivity contribution in [2.45, 2.75) is 32.6 Å². The van der Waals surface area contributed by atoms with Gasteiger partial charge in [-0.25, -0.2) is 0 Å². The fraction of sp³-hybridized carbons (Fsp3) is 0.106. The van der Waals surface area contributed by atoms with Gasteiger partial charge in [-0.2, -0.15) is 0 Å². The van der Waals surface area contributed by atoms with Gasteiger partial charge >= 0.3 is 0 Å². The van der Waals surface area contributed by atoms with Crippen molar-refractivity contribution in [2.24, 2.45) is 0 Å². The Hall–Kier alpha value is -5.66. The summed E-state index contributed by atoms with van der Waals surface area (Å²) in [6, 6.07) is 58.4. The minimum atomic E-state index is 1.12. The van der Waals surface area contributed by atoms with Gasteiger partial charge in [0.1, 0.15) is 0 Å². The molecule has 0 fully saturated rings. The topological polar surface area (TPSA) is 3.24 Å². The van der Waals surface area contributed by atoms with Crippen molar-refractivity contribution in [3.8, 4) is 22.3 Å². The van der Waals surface area contributed by atoms with Crippen molar-refractivity contribution < 1.29 is 0 Å². The van der Waals surface area contributed by atoms with Crippen LogP contribution in [-0.4, -0.2) is 0 Å². The summed E-state index contributed by atoms with van der Waals surface area (Å²) in [6.07, 6.45) is 4.79. The molecular weight excluding hydrogens is 579 g/mol. The Balaban J connectivity index is 1.17. The molecule has 0 amide bonds. The van der Waals surface area contributed by atoms with Crippen LogP contribution in [-0.2, 0) is 12.8 Å². The third-order valence-corrected chi connectivity index (χ3v) is 10.3. The minimum Gasteiger partial charge on any atom is -0.310 e. The molecule has 8 aromatic carbocycles. The molecule has 1 nitrogen and oxygen atoms in total. The van der Waals surface area contributed by atoms with Crippen LogP contribution in [0.2, 0.25) is 0 Å². The highest BCUT2D eigenvalue weighted by molar-refractivity contribution is 6.13. The zero-order valence-electron chi connectivity index (χ0n) is 27.3. The third kappa shape index (κ3) is 4.95. The van der Waals surface area contributed by atoms with Crippen molar-refractivity contribution in [3.05, 3.63) is 174 Å². The van der Waals surface area contributed by atoms with Crippen LogP contribution in [0.4, 0.5) is 17.1 Å². The lowest BCUT2D eigenvalue weighted by Crippen LogP contribution is -2.16. The van der Waals surface area contributed by atoms with Gasteiger partial charge in [-0.05, 0) is 140 Å². The maximum atomic E-state index is 2.51. The zero-order chi connectivity index (χ0) is 32.0. The second-order valence-electron chi connectivity index (χ2n) is 13.3. The van der Waals surface area contributed by atoms with Gasteiger partial charge in [0.15, 0.2) is 0 Å². The van der Waals surface area contributed by atoms with Gasteiger partial charge in [-0.1, -0.05) is 121 Å². The van der Waals surface area contributed by atoms with E-state index in [0.717, 1.165) is 12.8 Å². The van der Waals surface area contributed by atoms with E-state index in [1.54, 1.807) is 0 Å². The van der Waals surface area contributed by atoms with Crippen LogP contribution >= 0.6 is 0 Å². The van der Waals surface area contributed by atoms with Gasteiger partial charge in [0.2, 0.25) is 0 Å². The first-order valence-corrected chi connectivity index (χ1v) is 17.2. The zero-order valence-corrected chi connectivity index (χ0v) is 27.3. The monoisotopic (exact) mass is 615 g/mol. The third-order valence-electron chi connectivity index (χ3n) is 10.3. The summed E-state index contributed by atoms with van der Waals surface area (Å²) in [5.41, 5.74) is 13.0. The van der Waals surface area contributed by atoms with Gasteiger partial charge in [0, 0.05) is 11.4 Å². The van der Waals surface area contributed by atoms with Crippen LogP contribution in [0, 0.1) is 6.92 Å². The van der Waals surface area contributed by atoms with Crippen molar-refractivity contribution in [2.75, 3.05) is 4.90 Å². The Labute approximate surface area is 282 Å². The SMILES string of the molecule is Cc1ccc2c(c1N(c1ccc(-c3ccc4ccccc4c3)cc1)c1ccc(-c3cc4ccccc4c4ccccc34)cc1)CCCC2. The standard InChI is InChI=1S/C47H37N/c1-32-18-19-35-11-4-7-15-43(35)47(32)48(40-26-22-34(23-27-40)38-21-20-33-10-2-3-12-37(33)30-38)41-28-24-36(25-29-41)46-31-39-13-5-6-14-42(39)44-16-8-9-17-45(44)46/h2-3,5-6,8-10,12-14,16-31H,4,7,11,15H2,1H3. The molecule has 0 saturated carbocycles. The minimum absolute atomic E-state index is 1.12. The highest BCUT2D eigenvalue weighted by atomic mass is 15.1. The predicted octanol–water partition coefficient (Wildman–Crippen LogP) is 13.1. The molecule has 0 atom stereocenters. The molecule has 0 aromatic heterocycles. The number of anilines is 3. The lowest BCUT2D eigenvalue weighted by Gasteiger charge is -2.32. The number of rotatable bonds is 5. The lowest BCUT2D eigenvalue weighted by molar-refractivity contribution is 0.685. The highest BCUT2D eigenvalue weighted by Crippen LogP contribution is 2.44. The molecule has 8 aromatic rings. The van der Waals surface area contributed by atoms with Crippen molar-refractivity contribution in [1.82, 2.24) is 0 Å². The van der Waals surface area contributed by atoms with Gasteiger partial charge in [-0.3, -0.25) is 0 Å². The molecule has 230 valence electrons. The average Bonchev–Trinajstić information content (AvgIpc) is 3.16. The first-order valence-electron chi connectivity index (χ1n) is 17.2. The molecule has 0 aliphatic heterocycles. The van der Waals surface area contributed by atoms with E-state index in [-0.39, 0.29) is 0 Å². The molecular formula is C47H37N. The maximum absolute atomic E-state index is 2.51. The molecule has 0 spiro atoms. The predicted molar refractivity (Wildman–Crippen MR) is 206 cm³/mol. The van der Waals surface area contributed by atoms with E-state index in [9.17, 15) is 0 Å². The Kier molecular flexibility index (Phi) is 7.05. The number of fused-ring (bicyclic) bond motifs is 5. The number of hydrogen-bond donors (Lipinski definition) is 0. The van der Waals surface area contributed by atoms with E-state index < -0.39 is 0 Å². The van der Waals surface area contributed by atoms with Crippen LogP contribution in [0.5, 0.6) is 0 Å². The van der Waals surface area contributed by atoms with E-state index in [2.05, 4.69) is 170 Å². The van der Waals surface area contributed by atoms with Crippen LogP contribution < -0.4 is 4.90 Å². The highest BCUT2D eigenvalue weighted by Gasteiger charge is 2.23. The molecule has 0 bridgehead atoms. The maximum Gasteiger partial charge on any atom is 0.0525 e. The first kappa shape index (κ1) is 28.6. The summed E-state index contributed by atoms with van der Waals surface area (Å²) in [4.78, 5) is 2.51. The summed E-state index contributed by atoms with van der Waals surface area (Å²) in [7, 11) is 0. The molecule has 1 aliphatic rings. The molecule has 0 unspecified atom stereocenters. The average molecular weight is 616 g/mol. The molecule has 9 rings (SSSR count). The Morgan fingerprint density at radius 3 is 1.81 bits per heavy atom. The second kappa shape index (κ2) is 11.9. The summed E-state index contributed by atoms with van der Waals surface area (Å²) in [5, 5.41) is 7.71. The van der Waals surface area contributed by atoms with E-state index >= 15 is 0 Å². The number of hydrogen-bond acceptors (Lipinski definition) is 1. The lowest BCUT2D eigenvalue weighted by atomic mass is 9.88. The molecule has 0 N–H and O–H groups in total. The Morgan fingerprint density at radius 1 is 0.438 bits per heavy atom. The van der Waals surface area contributed by atoms with E-state index in [1.807, 2.05) is 0 Å². The van der Waals surface area contributed by atoms with Crippen molar-refractivity contribution in [1.29, 1.82) is 0 Å². The summed E-state index contributed by atoms with van der Waals surface area (Å²) < 4.78 is 0. The molecule has 0 heterocycles. The summed E-state index contributed by atoms with van der Waals surface area (Å²) >= 11 is 0. The first-order chi connectivity index (χ1) is 23.7. The van der Waals surface area contributed by atoms with Gasteiger partial charge in [0.05, 0.1) is 5.69 Å². The Bertz CT molecular complexity index is 2450. The van der Waals surface area contributed by atoms with Crippen LogP contribution in [0.1, 0.15) is 29.5 Å². The summed E-state index contributed by atoms with van der Waals surface area (Å²) in [6.45, 7) is 2.27. The largest absolute Gasteiger partial charge is 0.310 e. The van der Waals surface area contributed by atoms with Crippen molar-refractivity contribution in [3.63, 3.8) is 0 Å². The fourth-order valence-electron chi connectivity index (χ4n) is 7.90. The van der Waals surface area contributed by atoms with Crippen LogP contribution in [0.25, 0.3) is 54.6 Å². The molecule has 0 radical (unpaired) electrons. The number of nitrogens with zero attached hydrogens (tertiary/aromatic N) is 1. The van der Waals surface area contributed by atoms with Crippen LogP contribution in [0.15, 0.2) is 158 Å². The van der Waals surface area contributed by atoms with Gasteiger partial charge in [-0.15, -0.1) is 0 Å². The second-order valence-corrected chi connectivity index (χ2v) is 13.3. The molecule has 48 heavy (non-hydrogen) atoms.